The van der Waals surface area contributed by atoms with E-state index in [-0.39, 0.29) is 43.3 Å². The number of carbonyl (C=O) groups excluding carboxylic acids is 3. The van der Waals surface area contributed by atoms with Gasteiger partial charge in [-0.15, -0.1) is 13.2 Å². The lowest BCUT2D eigenvalue weighted by Gasteiger charge is -2.39. The summed E-state index contributed by atoms with van der Waals surface area (Å²) in [6.07, 6.45) is 3.78. The van der Waals surface area contributed by atoms with Gasteiger partial charge in [-0.05, 0) is 63.3 Å². The Kier molecular flexibility index (Phi) is 8.13. The molecule has 1 N–H and O–H groups in total. The standard InChI is InChI=1S/C35H43N3O5/c1-8-18-36(26-16-11-10-12-17-26)31(40)27-28-32(41)38(25(6)21-39)30(35(28)20-24(5)34(27,7)43-35)33(42)37(19-9-2)29-22(3)14-13-15-23(29)4/h8-17,24-25,27-28,30,39H,1-2,18-21H2,3-7H3/t24?,25-,27+,28+,30?,34-,35?/m1/s1. The van der Waals surface area contributed by atoms with Gasteiger partial charge in [-0.2, -0.15) is 0 Å². The number of benzene rings is 2. The van der Waals surface area contributed by atoms with Gasteiger partial charge in [0.1, 0.15) is 11.6 Å². The van der Waals surface area contributed by atoms with Gasteiger partial charge in [0.15, 0.2) is 0 Å². The van der Waals surface area contributed by atoms with E-state index in [9.17, 15) is 19.5 Å². The summed E-state index contributed by atoms with van der Waals surface area (Å²) in [5.41, 5.74) is 1.09. The SMILES string of the molecule is C=CCN(C(=O)[C@@H]1[C@H]2C(=O)N([C@H](C)CO)C(C(=O)N(CC=C)c3c(C)cccc3C)C23CC(C)[C@@]1(C)O3)c1ccccc1. The second kappa shape index (κ2) is 11.4. The first-order chi connectivity index (χ1) is 20.5. The molecule has 2 bridgehead atoms. The van der Waals surface area contributed by atoms with Crippen LogP contribution in [0.15, 0.2) is 73.8 Å². The van der Waals surface area contributed by atoms with E-state index in [1.807, 2.05) is 76.2 Å². The van der Waals surface area contributed by atoms with E-state index in [2.05, 4.69) is 13.2 Å². The summed E-state index contributed by atoms with van der Waals surface area (Å²) in [7, 11) is 0. The van der Waals surface area contributed by atoms with Gasteiger partial charge in [-0.1, -0.05) is 55.5 Å². The average Bonchev–Trinajstić information content (AvgIpc) is 3.51. The molecule has 3 unspecified atom stereocenters. The number of hydrogen-bond acceptors (Lipinski definition) is 5. The molecule has 0 saturated carbocycles. The third-order valence-corrected chi connectivity index (χ3v) is 9.92. The van der Waals surface area contributed by atoms with Gasteiger partial charge in [-0.3, -0.25) is 14.4 Å². The van der Waals surface area contributed by atoms with E-state index < -0.39 is 35.1 Å². The van der Waals surface area contributed by atoms with Crippen LogP contribution in [0.3, 0.4) is 0 Å². The molecule has 3 amide bonds. The fraction of sp³-hybridized carbons (Fsp3) is 0.457. The van der Waals surface area contributed by atoms with Crippen molar-refractivity contribution in [2.24, 2.45) is 17.8 Å². The molecule has 0 aliphatic carbocycles. The zero-order valence-electron chi connectivity index (χ0n) is 25.8. The minimum absolute atomic E-state index is 0.111. The summed E-state index contributed by atoms with van der Waals surface area (Å²) in [4.78, 5) is 48.9. The Morgan fingerprint density at radius 3 is 2.23 bits per heavy atom. The topological polar surface area (TPSA) is 90.4 Å². The summed E-state index contributed by atoms with van der Waals surface area (Å²) < 4.78 is 6.94. The van der Waals surface area contributed by atoms with E-state index in [4.69, 9.17) is 4.74 Å². The fourth-order valence-electron chi connectivity index (χ4n) is 7.92. The van der Waals surface area contributed by atoms with Crippen molar-refractivity contribution in [1.82, 2.24) is 4.90 Å². The Hall–Kier alpha value is -3.75. The van der Waals surface area contributed by atoms with Crippen LogP contribution >= 0.6 is 0 Å². The molecule has 3 aliphatic heterocycles. The Morgan fingerprint density at radius 1 is 1.05 bits per heavy atom. The molecule has 3 aliphatic rings. The number of likely N-dealkylation sites (tertiary alicyclic amines) is 1. The molecule has 8 nitrogen and oxygen atoms in total. The van der Waals surface area contributed by atoms with Crippen molar-refractivity contribution < 1.29 is 24.2 Å². The molecule has 2 aromatic carbocycles. The van der Waals surface area contributed by atoms with Crippen LogP contribution < -0.4 is 9.80 Å². The minimum Gasteiger partial charge on any atom is -0.394 e. The van der Waals surface area contributed by atoms with Gasteiger partial charge < -0.3 is 24.5 Å². The number of anilines is 2. The quantitative estimate of drug-likeness (QED) is 0.417. The lowest BCUT2D eigenvalue weighted by molar-refractivity contribution is -0.148. The van der Waals surface area contributed by atoms with Crippen molar-refractivity contribution in [3.8, 4) is 0 Å². The van der Waals surface area contributed by atoms with Crippen molar-refractivity contribution >= 4 is 29.1 Å². The lowest BCUT2D eigenvalue weighted by atomic mass is 9.62. The molecule has 0 aromatic heterocycles. The maximum Gasteiger partial charge on any atom is 0.253 e. The number of amides is 3. The van der Waals surface area contributed by atoms with Crippen LogP contribution in [0.4, 0.5) is 11.4 Å². The van der Waals surface area contributed by atoms with Crippen molar-refractivity contribution in [1.29, 1.82) is 0 Å². The zero-order valence-corrected chi connectivity index (χ0v) is 25.8. The number of fused-ring (bicyclic) bond motifs is 1. The highest BCUT2D eigenvalue weighted by Gasteiger charge is 2.80. The molecule has 8 heteroatoms. The number of nitrogens with zero attached hydrogens (tertiary/aromatic N) is 3. The van der Waals surface area contributed by atoms with Gasteiger partial charge in [0, 0.05) is 24.5 Å². The normalized spacial score (nSPS) is 29.7. The van der Waals surface area contributed by atoms with Crippen LogP contribution in [-0.2, 0) is 19.1 Å². The van der Waals surface area contributed by atoms with Crippen LogP contribution in [0.2, 0.25) is 0 Å². The Bertz CT molecular complexity index is 1420. The number of carbonyl (C=O) groups is 3. The third-order valence-electron chi connectivity index (χ3n) is 9.92. The Balaban J connectivity index is 1.66. The molecule has 3 saturated heterocycles. The summed E-state index contributed by atoms with van der Waals surface area (Å²) in [6, 6.07) is 13.5. The molecular weight excluding hydrogens is 542 g/mol. The van der Waals surface area contributed by atoms with Crippen LogP contribution in [0.1, 0.15) is 38.3 Å². The highest BCUT2D eigenvalue weighted by molar-refractivity contribution is 6.07. The number of para-hydroxylation sites is 2. The summed E-state index contributed by atoms with van der Waals surface area (Å²) in [5, 5.41) is 10.3. The van der Waals surface area contributed by atoms with E-state index in [0.717, 1.165) is 16.8 Å². The smallest absolute Gasteiger partial charge is 0.253 e. The van der Waals surface area contributed by atoms with Gasteiger partial charge in [0.25, 0.3) is 5.91 Å². The van der Waals surface area contributed by atoms with E-state index in [1.54, 1.807) is 28.9 Å². The Morgan fingerprint density at radius 2 is 1.65 bits per heavy atom. The molecule has 228 valence electrons. The number of aliphatic hydroxyl groups is 1. The van der Waals surface area contributed by atoms with Gasteiger partial charge >= 0.3 is 0 Å². The van der Waals surface area contributed by atoms with Gasteiger partial charge in [-0.25, -0.2) is 0 Å². The maximum atomic E-state index is 14.9. The van der Waals surface area contributed by atoms with Crippen LogP contribution in [-0.4, -0.2) is 70.7 Å². The number of aliphatic hydroxyl groups excluding tert-OH is 1. The van der Waals surface area contributed by atoms with Gasteiger partial charge in [0.05, 0.1) is 30.1 Å². The van der Waals surface area contributed by atoms with Gasteiger partial charge in [0.2, 0.25) is 11.8 Å². The van der Waals surface area contributed by atoms with E-state index in [0.29, 0.717) is 12.1 Å². The van der Waals surface area contributed by atoms with Crippen LogP contribution in [0, 0.1) is 31.6 Å². The van der Waals surface area contributed by atoms with Crippen molar-refractivity contribution in [3.05, 3.63) is 85.0 Å². The Labute approximate surface area is 254 Å². The lowest BCUT2D eigenvalue weighted by Crippen LogP contribution is -2.59. The summed E-state index contributed by atoms with van der Waals surface area (Å²) in [5.74, 6) is -2.70. The third kappa shape index (κ3) is 4.54. The summed E-state index contributed by atoms with van der Waals surface area (Å²) >= 11 is 0. The second-order valence-corrected chi connectivity index (χ2v) is 12.5. The first-order valence-electron chi connectivity index (χ1n) is 15.1. The number of rotatable bonds is 10. The highest BCUT2D eigenvalue weighted by atomic mass is 16.5. The predicted octanol–water partition coefficient (Wildman–Crippen LogP) is 4.43. The first-order valence-corrected chi connectivity index (χ1v) is 15.1. The average molecular weight is 586 g/mol. The first kappa shape index (κ1) is 30.7. The molecule has 7 atom stereocenters. The fourth-order valence-corrected chi connectivity index (χ4v) is 7.92. The van der Waals surface area contributed by atoms with E-state index >= 15 is 0 Å². The largest absolute Gasteiger partial charge is 0.394 e. The number of hydrogen-bond donors (Lipinski definition) is 1. The summed E-state index contributed by atoms with van der Waals surface area (Å²) in [6.45, 7) is 17.5. The second-order valence-electron chi connectivity index (χ2n) is 12.5. The molecule has 3 fully saturated rings. The molecule has 1 spiro atoms. The van der Waals surface area contributed by atoms with Crippen LogP contribution in [0.25, 0.3) is 0 Å². The number of aryl methyl sites for hydroxylation is 2. The zero-order chi connectivity index (χ0) is 31.3. The van der Waals surface area contributed by atoms with Crippen molar-refractivity contribution in [2.75, 3.05) is 29.5 Å². The number of ether oxygens (including phenoxy) is 1. The maximum absolute atomic E-state index is 14.9. The predicted molar refractivity (Wildman–Crippen MR) is 168 cm³/mol. The highest BCUT2D eigenvalue weighted by Crippen LogP contribution is 2.66. The molecular formula is C35H43N3O5. The van der Waals surface area contributed by atoms with Crippen LogP contribution in [0.5, 0.6) is 0 Å². The molecule has 3 heterocycles. The minimum atomic E-state index is -1.24. The molecule has 5 rings (SSSR count). The molecule has 2 aromatic rings. The van der Waals surface area contributed by atoms with Crippen molar-refractivity contribution in [3.63, 3.8) is 0 Å². The van der Waals surface area contributed by atoms with E-state index in [1.165, 1.54) is 4.90 Å². The molecule has 0 radical (unpaired) electrons. The monoisotopic (exact) mass is 585 g/mol. The van der Waals surface area contributed by atoms with Crippen molar-refractivity contribution in [2.45, 2.75) is 64.3 Å². The molecule has 43 heavy (non-hydrogen) atoms.